The van der Waals surface area contributed by atoms with E-state index in [-0.39, 0.29) is 18.2 Å². The van der Waals surface area contributed by atoms with Crippen molar-refractivity contribution in [3.63, 3.8) is 0 Å². The number of rotatable bonds is 11. The first kappa shape index (κ1) is 18.9. The molecule has 0 saturated heterocycles. The largest absolute Gasteiger partial charge is 0.480 e. The fourth-order valence-electron chi connectivity index (χ4n) is 2.13. The molecular formula is C14H28N2O4. The highest BCUT2D eigenvalue weighted by Gasteiger charge is 2.21. The number of amides is 1. The summed E-state index contributed by atoms with van der Waals surface area (Å²) in [6, 6.07) is -0.852. The van der Waals surface area contributed by atoms with Gasteiger partial charge in [-0.1, -0.05) is 13.8 Å². The summed E-state index contributed by atoms with van der Waals surface area (Å²) in [7, 11) is 1.56. The van der Waals surface area contributed by atoms with Gasteiger partial charge in [0.05, 0.1) is 0 Å². The van der Waals surface area contributed by atoms with Gasteiger partial charge in [-0.2, -0.15) is 0 Å². The van der Waals surface area contributed by atoms with Crippen molar-refractivity contribution in [1.29, 1.82) is 0 Å². The van der Waals surface area contributed by atoms with E-state index in [1.54, 1.807) is 7.11 Å². The molecule has 0 aliphatic rings. The van der Waals surface area contributed by atoms with Crippen molar-refractivity contribution in [1.82, 2.24) is 5.32 Å². The molecule has 0 aromatic rings. The van der Waals surface area contributed by atoms with E-state index in [1.165, 1.54) is 0 Å². The molecule has 4 N–H and O–H groups in total. The topological polar surface area (TPSA) is 102 Å². The Kier molecular flexibility index (Phi) is 10.0. The average Bonchev–Trinajstić information content (AvgIpc) is 2.36. The van der Waals surface area contributed by atoms with Crippen LogP contribution in [0.3, 0.4) is 0 Å². The summed E-state index contributed by atoms with van der Waals surface area (Å²) in [5.74, 6) is -0.690. The van der Waals surface area contributed by atoms with Gasteiger partial charge in [-0.25, -0.2) is 4.79 Å². The molecule has 0 spiro atoms. The molecule has 0 saturated carbocycles. The zero-order valence-electron chi connectivity index (χ0n) is 12.7. The van der Waals surface area contributed by atoms with Crippen LogP contribution >= 0.6 is 0 Å². The number of carbonyl (C=O) groups excluding carboxylic acids is 1. The van der Waals surface area contributed by atoms with Crippen LogP contribution in [0.25, 0.3) is 0 Å². The van der Waals surface area contributed by atoms with E-state index < -0.39 is 12.0 Å². The summed E-state index contributed by atoms with van der Waals surface area (Å²) >= 11 is 0. The molecule has 6 heteroatoms. The first-order chi connectivity index (χ1) is 9.40. The standard InChI is InChI=1S/C14H28N2O4/c1-10(2)7-11(9-15)8-13(17)16-12(14(18)19)5-4-6-20-3/h10-12H,4-9,15H2,1-3H3,(H,16,17)(H,18,19). The number of carboxylic acid groups (broad SMARTS) is 1. The fourth-order valence-corrected chi connectivity index (χ4v) is 2.13. The van der Waals surface area contributed by atoms with Gasteiger partial charge in [0.2, 0.25) is 5.91 Å². The number of carbonyl (C=O) groups is 2. The lowest BCUT2D eigenvalue weighted by atomic mass is 9.94. The quantitative estimate of drug-likeness (QED) is 0.492. The summed E-state index contributed by atoms with van der Waals surface area (Å²) in [4.78, 5) is 23.0. The van der Waals surface area contributed by atoms with Crippen molar-refractivity contribution in [3.8, 4) is 0 Å². The van der Waals surface area contributed by atoms with E-state index in [0.29, 0.717) is 31.9 Å². The SMILES string of the molecule is COCCCC(NC(=O)CC(CN)CC(C)C)C(=O)O. The Morgan fingerprint density at radius 1 is 1.35 bits per heavy atom. The van der Waals surface area contributed by atoms with Crippen LogP contribution in [0.5, 0.6) is 0 Å². The second kappa shape index (κ2) is 10.6. The Labute approximate surface area is 121 Å². The molecule has 0 bridgehead atoms. The van der Waals surface area contributed by atoms with Crippen molar-refractivity contribution < 1.29 is 19.4 Å². The molecule has 0 aromatic carbocycles. The highest BCUT2D eigenvalue weighted by molar-refractivity contribution is 5.83. The van der Waals surface area contributed by atoms with Gasteiger partial charge in [-0.15, -0.1) is 0 Å². The van der Waals surface area contributed by atoms with Gasteiger partial charge in [-0.05, 0) is 37.6 Å². The Bertz CT molecular complexity index is 295. The molecule has 0 rings (SSSR count). The number of nitrogens with two attached hydrogens (primary N) is 1. The number of aliphatic carboxylic acids is 1. The molecule has 0 aliphatic carbocycles. The van der Waals surface area contributed by atoms with Crippen molar-refractivity contribution in [2.75, 3.05) is 20.3 Å². The van der Waals surface area contributed by atoms with Crippen LogP contribution in [-0.4, -0.2) is 43.3 Å². The molecule has 2 unspecified atom stereocenters. The summed E-state index contributed by atoms with van der Waals surface area (Å²) < 4.78 is 4.88. The number of carboxylic acids is 1. The van der Waals surface area contributed by atoms with Gasteiger partial charge < -0.3 is 20.9 Å². The third-order valence-corrected chi connectivity index (χ3v) is 3.09. The molecule has 118 valence electrons. The molecule has 0 fully saturated rings. The minimum atomic E-state index is -1.01. The first-order valence-electron chi connectivity index (χ1n) is 7.11. The Balaban J connectivity index is 4.26. The summed E-state index contributed by atoms with van der Waals surface area (Å²) in [5.41, 5.74) is 5.65. The minimum absolute atomic E-state index is 0.100. The van der Waals surface area contributed by atoms with Gasteiger partial charge in [0.15, 0.2) is 0 Å². The van der Waals surface area contributed by atoms with E-state index in [2.05, 4.69) is 19.2 Å². The van der Waals surface area contributed by atoms with E-state index in [9.17, 15) is 9.59 Å². The van der Waals surface area contributed by atoms with Crippen LogP contribution in [0, 0.1) is 11.8 Å². The maximum Gasteiger partial charge on any atom is 0.326 e. The molecule has 0 aliphatic heterocycles. The summed E-state index contributed by atoms with van der Waals surface area (Å²) in [6.45, 7) is 5.07. The molecule has 1 amide bonds. The van der Waals surface area contributed by atoms with Crippen molar-refractivity contribution in [3.05, 3.63) is 0 Å². The van der Waals surface area contributed by atoms with E-state index in [1.807, 2.05) is 0 Å². The van der Waals surface area contributed by atoms with Crippen LogP contribution in [-0.2, 0) is 14.3 Å². The predicted molar refractivity (Wildman–Crippen MR) is 77.3 cm³/mol. The Morgan fingerprint density at radius 3 is 2.45 bits per heavy atom. The number of nitrogens with one attached hydrogen (secondary N) is 1. The monoisotopic (exact) mass is 288 g/mol. The predicted octanol–water partition coefficient (Wildman–Crippen LogP) is 0.994. The van der Waals surface area contributed by atoms with Gasteiger partial charge in [0.1, 0.15) is 6.04 Å². The number of hydrogen-bond acceptors (Lipinski definition) is 4. The third kappa shape index (κ3) is 8.87. The average molecular weight is 288 g/mol. The minimum Gasteiger partial charge on any atom is -0.480 e. The molecule has 6 nitrogen and oxygen atoms in total. The van der Waals surface area contributed by atoms with Crippen molar-refractivity contribution in [2.45, 2.75) is 45.6 Å². The van der Waals surface area contributed by atoms with Gasteiger partial charge in [0.25, 0.3) is 0 Å². The van der Waals surface area contributed by atoms with Crippen LogP contribution in [0.4, 0.5) is 0 Å². The normalized spacial score (nSPS) is 14.1. The van der Waals surface area contributed by atoms with E-state index >= 15 is 0 Å². The second-order valence-electron chi connectivity index (χ2n) is 5.53. The maximum atomic E-state index is 11.9. The number of methoxy groups -OCH3 is 1. The van der Waals surface area contributed by atoms with Crippen LogP contribution in [0.1, 0.15) is 39.5 Å². The van der Waals surface area contributed by atoms with Crippen molar-refractivity contribution in [2.24, 2.45) is 17.6 Å². The molecule has 0 aromatic heterocycles. The summed E-state index contributed by atoms with van der Waals surface area (Å²) in [5, 5.41) is 11.6. The Hall–Kier alpha value is -1.14. The van der Waals surface area contributed by atoms with Gasteiger partial charge in [-0.3, -0.25) is 4.79 Å². The highest BCUT2D eigenvalue weighted by Crippen LogP contribution is 2.14. The highest BCUT2D eigenvalue weighted by atomic mass is 16.5. The van der Waals surface area contributed by atoms with E-state index in [0.717, 1.165) is 6.42 Å². The maximum absolute atomic E-state index is 11.9. The lowest BCUT2D eigenvalue weighted by Gasteiger charge is -2.19. The third-order valence-electron chi connectivity index (χ3n) is 3.09. The lowest BCUT2D eigenvalue weighted by Crippen LogP contribution is -2.42. The van der Waals surface area contributed by atoms with Crippen molar-refractivity contribution >= 4 is 11.9 Å². The molecule has 0 heterocycles. The fraction of sp³-hybridized carbons (Fsp3) is 0.857. The van der Waals surface area contributed by atoms with Crippen LogP contribution in [0.15, 0.2) is 0 Å². The molecule has 2 atom stereocenters. The second-order valence-corrected chi connectivity index (χ2v) is 5.53. The lowest BCUT2D eigenvalue weighted by molar-refractivity contribution is -0.142. The van der Waals surface area contributed by atoms with E-state index in [4.69, 9.17) is 15.6 Å². The zero-order valence-corrected chi connectivity index (χ0v) is 12.7. The number of ether oxygens (including phenoxy) is 1. The molecular weight excluding hydrogens is 260 g/mol. The first-order valence-corrected chi connectivity index (χ1v) is 7.11. The molecule has 0 radical (unpaired) electrons. The zero-order chi connectivity index (χ0) is 15.5. The number of hydrogen-bond donors (Lipinski definition) is 3. The van der Waals surface area contributed by atoms with Gasteiger partial charge >= 0.3 is 5.97 Å². The smallest absolute Gasteiger partial charge is 0.326 e. The Morgan fingerprint density at radius 2 is 2.00 bits per heavy atom. The van der Waals surface area contributed by atoms with Gasteiger partial charge in [0, 0.05) is 20.1 Å². The summed E-state index contributed by atoms with van der Waals surface area (Å²) in [6.07, 6.45) is 2.11. The van der Waals surface area contributed by atoms with Crippen LogP contribution < -0.4 is 11.1 Å². The molecule has 20 heavy (non-hydrogen) atoms. The van der Waals surface area contributed by atoms with Crippen LogP contribution in [0.2, 0.25) is 0 Å².